The fraction of sp³-hybridized carbons (Fsp3) is 0.429. The highest BCUT2D eigenvalue weighted by Crippen LogP contribution is 2.11. The first-order chi connectivity index (χ1) is 7.77. The minimum Gasteiger partial charge on any atom is -0.317 e. The molecule has 1 aromatic carbocycles. The van der Waals surface area contributed by atoms with Crippen LogP contribution in [-0.2, 0) is 6.42 Å². The molecule has 1 atom stereocenters. The smallest absolute Gasteiger partial charge is 0.126 e. The van der Waals surface area contributed by atoms with Gasteiger partial charge in [0.1, 0.15) is 5.82 Å². The summed E-state index contributed by atoms with van der Waals surface area (Å²) in [6.45, 7) is 1.84. The molecule has 0 aromatic heterocycles. The van der Waals surface area contributed by atoms with Crippen LogP contribution >= 0.6 is 0 Å². The second kappa shape index (κ2) is 7.03. The summed E-state index contributed by atoms with van der Waals surface area (Å²) in [5.41, 5.74) is 0.770. The standard InChI is InChI=1S/C14H18FN/c1-3-4-5-9-13(16-2)11-12-8-6-7-10-14(12)15/h6-8,10,13,16H,5,9,11H2,1-2H3. The van der Waals surface area contributed by atoms with E-state index in [4.69, 9.17) is 0 Å². The molecule has 0 amide bonds. The summed E-state index contributed by atoms with van der Waals surface area (Å²) in [7, 11) is 1.91. The van der Waals surface area contributed by atoms with E-state index < -0.39 is 0 Å². The van der Waals surface area contributed by atoms with Crippen LogP contribution in [0, 0.1) is 17.7 Å². The number of halogens is 1. The Labute approximate surface area is 97.1 Å². The predicted octanol–water partition coefficient (Wildman–Crippen LogP) is 2.76. The average molecular weight is 219 g/mol. The van der Waals surface area contributed by atoms with Crippen molar-refractivity contribution in [2.75, 3.05) is 7.05 Å². The molecular weight excluding hydrogens is 201 g/mol. The van der Waals surface area contributed by atoms with Gasteiger partial charge in [-0.15, -0.1) is 11.8 Å². The fourth-order valence-electron chi connectivity index (χ4n) is 1.65. The van der Waals surface area contributed by atoms with Crippen LogP contribution in [0.5, 0.6) is 0 Å². The molecule has 0 bridgehead atoms. The van der Waals surface area contributed by atoms with Gasteiger partial charge in [0.25, 0.3) is 0 Å². The normalized spacial score (nSPS) is 11.7. The molecule has 1 aromatic rings. The van der Waals surface area contributed by atoms with Gasteiger partial charge in [-0.2, -0.15) is 0 Å². The minimum absolute atomic E-state index is 0.121. The first kappa shape index (κ1) is 12.7. The highest BCUT2D eigenvalue weighted by molar-refractivity contribution is 5.18. The molecule has 0 heterocycles. The monoisotopic (exact) mass is 219 g/mol. The molecule has 2 heteroatoms. The van der Waals surface area contributed by atoms with E-state index in [-0.39, 0.29) is 11.9 Å². The minimum atomic E-state index is -0.121. The number of nitrogens with one attached hydrogen (secondary N) is 1. The zero-order chi connectivity index (χ0) is 11.8. The molecule has 0 fully saturated rings. The molecule has 0 aliphatic carbocycles. The zero-order valence-electron chi connectivity index (χ0n) is 9.89. The van der Waals surface area contributed by atoms with Gasteiger partial charge < -0.3 is 5.32 Å². The van der Waals surface area contributed by atoms with Gasteiger partial charge in [0, 0.05) is 12.5 Å². The SMILES string of the molecule is CC#CCCC(Cc1ccccc1F)NC. The molecule has 16 heavy (non-hydrogen) atoms. The molecule has 1 N–H and O–H groups in total. The van der Waals surface area contributed by atoms with Crippen LogP contribution in [0.1, 0.15) is 25.3 Å². The maximum absolute atomic E-state index is 13.4. The van der Waals surface area contributed by atoms with Gasteiger partial charge in [0.15, 0.2) is 0 Å². The van der Waals surface area contributed by atoms with E-state index in [1.54, 1.807) is 6.07 Å². The van der Waals surface area contributed by atoms with Crippen LogP contribution < -0.4 is 5.32 Å². The van der Waals surface area contributed by atoms with Crippen molar-refractivity contribution in [2.45, 2.75) is 32.2 Å². The lowest BCUT2D eigenvalue weighted by molar-refractivity contribution is 0.510. The first-order valence-electron chi connectivity index (χ1n) is 5.58. The molecule has 0 saturated carbocycles. The van der Waals surface area contributed by atoms with Crippen molar-refractivity contribution in [3.63, 3.8) is 0 Å². The van der Waals surface area contributed by atoms with Gasteiger partial charge in [-0.25, -0.2) is 4.39 Å². The summed E-state index contributed by atoms with van der Waals surface area (Å²) in [5.74, 6) is 5.78. The van der Waals surface area contributed by atoms with E-state index >= 15 is 0 Å². The Hall–Kier alpha value is -1.33. The third-order valence-electron chi connectivity index (χ3n) is 2.63. The molecule has 1 unspecified atom stereocenters. The van der Waals surface area contributed by atoms with Crippen molar-refractivity contribution in [1.29, 1.82) is 0 Å². The largest absolute Gasteiger partial charge is 0.317 e. The van der Waals surface area contributed by atoms with Crippen molar-refractivity contribution in [2.24, 2.45) is 0 Å². The van der Waals surface area contributed by atoms with Crippen LogP contribution in [0.2, 0.25) is 0 Å². The topological polar surface area (TPSA) is 12.0 Å². The molecule has 0 aliphatic heterocycles. The van der Waals surface area contributed by atoms with Crippen LogP contribution in [0.15, 0.2) is 24.3 Å². The molecule has 0 spiro atoms. The molecular formula is C14H18FN. The number of rotatable bonds is 5. The third-order valence-corrected chi connectivity index (χ3v) is 2.63. The van der Waals surface area contributed by atoms with Gasteiger partial charge in [-0.05, 0) is 38.4 Å². The highest BCUT2D eigenvalue weighted by Gasteiger charge is 2.09. The number of hydrogen-bond acceptors (Lipinski definition) is 1. The predicted molar refractivity (Wildman–Crippen MR) is 65.6 cm³/mol. The molecule has 0 saturated heterocycles. The quantitative estimate of drug-likeness (QED) is 0.751. The van der Waals surface area contributed by atoms with Crippen molar-refractivity contribution < 1.29 is 4.39 Å². The second-order valence-corrected chi connectivity index (χ2v) is 3.75. The van der Waals surface area contributed by atoms with Crippen LogP contribution in [0.25, 0.3) is 0 Å². The van der Waals surface area contributed by atoms with E-state index in [2.05, 4.69) is 17.2 Å². The molecule has 0 aliphatic rings. The van der Waals surface area contributed by atoms with E-state index in [0.717, 1.165) is 18.4 Å². The number of benzene rings is 1. The number of hydrogen-bond donors (Lipinski definition) is 1. The summed E-state index contributed by atoms with van der Waals surface area (Å²) in [6.07, 6.45) is 2.52. The summed E-state index contributed by atoms with van der Waals surface area (Å²) < 4.78 is 13.4. The van der Waals surface area contributed by atoms with Crippen molar-refractivity contribution in [3.8, 4) is 11.8 Å². The van der Waals surface area contributed by atoms with Gasteiger partial charge in [0.2, 0.25) is 0 Å². The molecule has 0 radical (unpaired) electrons. The van der Waals surface area contributed by atoms with Crippen LogP contribution in [0.4, 0.5) is 4.39 Å². The van der Waals surface area contributed by atoms with Gasteiger partial charge in [0.05, 0.1) is 0 Å². The summed E-state index contributed by atoms with van der Waals surface area (Å²) in [6, 6.07) is 7.23. The lowest BCUT2D eigenvalue weighted by Crippen LogP contribution is -2.27. The van der Waals surface area contributed by atoms with E-state index in [1.165, 1.54) is 6.07 Å². The van der Waals surface area contributed by atoms with Crippen LogP contribution in [-0.4, -0.2) is 13.1 Å². The first-order valence-corrected chi connectivity index (χ1v) is 5.58. The lowest BCUT2D eigenvalue weighted by Gasteiger charge is -2.15. The lowest BCUT2D eigenvalue weighted by atomic mass is 10.0. The third kappa shape index (κ3) is 4.04. The second-order valence-electron chi connectivity index (χ2n) is 3.75. The van der Waals surface area contributed by atoms with E-state index in [1.807, 2.05) is 26.1 Å². The Balaban J connectivity index is 2.55. The molecule has 1 rings (SSSR count). The number of likely N-dealkylation sites (N-methyl/N-ethyl adjacent to an activating group) is 1. The van der Waals surface area contributed by atoms with Gasteiger partial charge in [-0.1, -0.05) is 18.2 Å². The Morgan fingerprint density at radius 2 is 2.12 bits per heavy atom. The Kier molecular flexibility index (Phi) is 5.60. The van der Waals surface area contributed by atoms with Crippen LogP contribution in [0.3, 0.4) is 0 Å². The van der Waals surface area contributed by atoms with Gasteiger partial charge in [-0.3, -0.25) is 0 Å². The van der Waals surface area contributed by atoms with Crippen molar-refractivity contribution in [3.05, 3.63) is 35.6 Å². The maximum Gasteiger partial charge on any atom is 0.126 e. The Morgan fingerprint density at radius 3 is 2.75 bits per heavy atom. The summed E-state index contributed by atoms with van der Waals surface area (Å²) in [5, 5.41) is 3.20. The van der Waals surface area contributed by atoms with Crippen molar-refractivity contribution in [1.82, 2.24) is 5.32 Å². The van der Waals surface area contributed by atoms with Gasteiger partial charge >= 0.3 is 0 Å². The highest BCUT2D eigenvalue weighted by atomic mass is 19.1. The van der Waals surface area contributed by atoms with Crippen molar-refractivity contribution >= 4 is 0 Å². The maximum atomic E-state index is 13.4. The Morgan fingerprint density at radius 1 is 1.38 bits per heavy atom. The summed E-state index contributed by atoms with van der Waals surface area (Å²) in [4.78, 5) is 0. The van der Waals surface area contributed by atoms with E-state index in [0.29, 0.717) is 6.42 Å². The summed E-state index contributed by atoms with van der Waals surface area (Å²) >= 11 is 0. The molecule has 1 nitrogen and oxygen atoms in total. The Bertz CT molecular complexity index is 376. The zero-order valence-corrected chi connectivity index (χ0v) is 9.89. The average Bonchev–Trinajstić information content (AvgIpc) is 2.30. The fourth-order valence-corrected chi connectivity index (χ4v) is 1.65. The van der Waals surface area contributed by atoms with E-state index in [9.17, 15) is 4.39 Å². The molecule has 86 valence electrons.